The normalized spacial score (nSPS) is 13.5. The molecule has 1 amide bonds. The molecule has 0 saturated carbocycles. The Morgan fingerprint density at radius 3 is 2.76 bits per heavy atom. The predicted molar refractivity (Wildman–Crippen MR) is 77.3 cm³/mol. The molecular weight excluding hydrogens is 276 g/mol. The lowest BCUT2D eigenvalue weighted by molar-refractivity contribution is -0.385. The summed E-state index contributed by atoms with van der Waals surface area (Å²) in [7, 11) is 1.52. The van der Waals surface area contributed by atoms with E-state index in [2.05, 4.69) is 5.32 Å². The summed E-state index contributed by atoms with van der Waals surface area (Å²) in [5, 5.41) is 23.6. The highest BCUT2D eigenvalue weighted by Gasteiger charge is 2.25. The van der Waals surface area contributed by atoms with Gasteiger partial charge >= 0.3 is 0 Å². The van der Waals surface area contributed by atoms with Crippen molar-refractivity contribution in [2.24, 2.45) is 0 Å². The van der Waals surface area contributed by atoms with E-state index in [1.807, 2.05) is 0 Å². The number of nitrogens with zero attached hydrogens (tertiary/aromatic N) is 1. The summed E-state index contributed by atoms with van der Waals surface area (Å²) in [6.45, 7) is 3.54. The number of carbonyl (C=O) groups excluding carboxylic acids is 1. The maximum absolute atomic E-state index is 12.2. The summed E-state index contributed by atoms with van der Waals surface area (Å²) in [6.07, 6.45) is 0.347. The van der Waals surface area contributed by atoms with Crippen LogP contribution in [0.1, 0.15) is 29.3 Å². The van der Waals surface area contributed by atoms with Crippen LogP contribution in [0.3, 0.4) is 0 Å². The van der Waals surface area contributed by atoms with Crippen LogP contribution in [0, 0.1) is 17.0 Å². The lowest BCUT2D eigenvalue weighted by Gasteiger charge is -2.23. The maximum Gasteiger partial charge on any atom is 0.282 e. The molecule has 7 nitrogen and oxygen atoms in total. The lowest BCUT2D eigenvalue weighted by atomic mass is 10.0. The lowest BCUT2D eigenvalue weighted by Crippen LogP contribution is -2.41. The van der Waals surface area contributed by atoms with Gasteiger partial charge in [-0.05, 0) is 19.4 Å². The molecule has 1 aromatic carbocycles. The van der Waals surface area contributed by atoms with E-state index in [1.165, 1.54) is 19.2 Å². The van der Waals surface area contributed by atoms with Crippen LogP contribution >= 0.6 is 0 Å². The van der Waals surface area contributed by atoms with Crippen molar-refractivity contribution in [3.8, 4) is 0 Å². The van der Waals surface area contributed by atoms with Gasteiger partial charge in [0.15, 0.2) is 0 Å². The summed E-state index contributed by atoms with van der Waals surface area (Å²) in [6, 6.07) is 4.44. The topological polar surface area (TPSA) is 102 Å². The van der Waals surface area contributed by atoms with E-state index in [4.69, 9.17) is 4.74 Å². The second kappa shape index (κ2) is 7.14. The Balaban J connectivity index is 2.84. The molecule has 116 valence electrons. The van der Waals surface area contributed by atoms with Gasteiger partial charge in [0, 0.05) is 32.7 Å². The Labute approximate surface area is 123 Å². The molecule has 0 fully saturated rings. The van der Waals surface area contributed by atoms with E-state index in [9.17, 15) is 20.0 Å². The zero-order valence-corrected chi connectivity index (χ0v) is 12.4. The number of hydrogen-bond donors (Lipinski definition) is 2. The molecule has 1 unspecified atom stereocenters. The van der Waals surface area contributed by atoms with Crippen LogP contribution in [0.2, 0.25) is 0 Å². The van der Waals surface area contributed by atoms with E-state index in [0.717, 1.165) is 0 Å². The smallest absolute Gasteiger partial charge is 0.282 e. The molecule has 0 aliphatic heterocycles. The van der Waals surface area contributed by atoms with Crippen molar-refractivity contribution >= 4 is 11.6 Å². The first-order valence-electron chi connectivity index (χ1n) is 6.52. The fourth-order valence-corrected chi connectivity index (χ4v) is 1.87. The van der Waals surface area contributed by atoms with Crippen LogP contribution in [0.4, 0.5) is 5.69 Å². The molecule has 0 saturated heterocycles. The van der Waals surface area contributed by atoms with Crippen molar-refractivity contribution in [2.75, 3.05) is 20.3 Å². The molecule has 0 aromatic heterocycles. The Morgan fingerprint density at radius 2 is 2.19 bits per heavy atom. The van der Waals surface area contributed by atoms with Gasteiger partial charge in [0.2, 0.25) is 0 Å². The number of benzene rings is 1. The van der Waals surface area contributed by atoms with Crippen LogP contribution < -0.4 is 5.32 Å². The predicted octanol–water partition coefficient (Wildman–Crippen LogP) is 1.42. The standard InChI is InChI=1S/C14H20N2O5/c1-10-5-4-6-11(16(19)20)12(10)13(17)15-9-14(2,18)7-8-21-3/h4-6,18H,7-9H2,1-3H3,(H,15,17). The number of amides is 1. The third-order valence-corrected chi connectivity index (χ3v) is 3.15. The van der Waals surface area contributed by atoms with E-state index >= 15 is 0 Å². The Morgan fingerprint density at radius 1 is 1.52 bits per heavy atom. The van der Waals surface area contributed by atoms with Crippen LogP contribution in [0.5, 0.6) is 0 Å². The summed E-state index contributed by atoms with van der Waals surface area (Å²) in [5.41, 5.74) is -0.851. The average Bonchev–Trinajstić information content (AvgIpc) is 2.42. The van der Waals surface area contributed by atoms with E-state index in [0.29, 0.717) is 18.6 Å². The molecule has 7 heteroatoms. The fourth-order valence-electron chi connectivity index (χ4n) is 1.87. The number of aryl methyl sites for hydroxylation is 1. The number of nitro groups is 1. The third kappa shape index (κ3) is 4.80. The van der Waals surface area contributed by atoms with Gasteiger partial charge < -0.3 is 15.2 Å². The van der Waals surface area contributed by atoms with Crippen molar-refractivity contribution in [3.05, 3.63) is 39.4 Å². The fraction of sp³-hybridized carbons (Fsp3) is 0.500. The second-order valence-corrected chi connectivity index (χ2v) is 5.15. The highest BCUT2D eigenvalue weighted by atomic mass is 16.6. The van der Waals surface area contributed by atoms with Crippen molar-refractivity contribution in [2.45, 2.75) is 25.9 Å². The monoisotopic (exact) mass is 296 g/mol. The highest BCUT2D eigenvalue weighted by Crippen LogP contribution is 2.21. The molecule has 0 bridgehead atoms. The van der Waals surface area contributed by atoms with Gasteiger partial charge in [-0.25, -0.2) is 0 Å². The SMILES string of the molecule is COCCC(C)(O)CNC(=O)c1c(C)cccc1[N+](=O)[O-]. The zero-order chi connectivity index (χ0) is 16.0. The Kier molecular flexibility index (Phi) is 5.80. The van der Waals surface area contributed by atoms with Crippen LogP contribution in [-0.2, 0) is 4.74 Å². The number of aliphatic hydroxyl groups is 1. The van der Waals surface area contributed by atoms with Crippen molar-refractivity contribution < 1.29 is 19.6 Å². The highest BCUT2D eigenvalue weighted by molar-refractivity contribution is 5.99. The van der Waals surface area contributed by atoms with E-state index < -0.39 is 16.4 Å². The van der Waals surface area contributed by atoms with Gasteiger partial charge in [-0.3, -0.25) is 14.9 Å². The van der Waals surface area contributed by atoms with Crippen molar-refractivity contribution in [1.29, 1.82) is 0 Å². The third-order valence-electron chi connectivity index (χ3n) is 3.15. The number of ether oxygens (including phenoxy) is 1. The first-order valence-corrected chi connectivity index (χ1v) is 6.52. The summed E-state index contributed by atoms with van der Waals surface area (Å²) in [5.74, 6) is -0.572. The van der Waals surface area contributed by atoms with E-state index in [1.54, 1.807) is 19.9 Å². The largest absolute Gasteiger partial charge is 0.388 e. The second-order valence-electron chi connectivity index (χ2n) is 5.15. The molecule has 2 N–H and O–H groups in total. The molecule has 0 radical (unpaired) electrons. The van der Waals surface area contributed by atoms with E-state index in [-0.39, 0.29) is 17.8 Å². The Bertz CT molecular complexity index is 528. The number of methoxy groups -OCH3 is 1. The van der Waals surface area contributed by atoms with Crippen molar-refractivity contribution in [1.82, 2.24) is 5.32 Å². The van der Waals surface area contributed by atoms with Gasteiger partial charge in [0.1, 0.15) is 5.56 Å². The molecule has 0 aliphatic carbocycles. The summed E-state index contributed by atoms with van der Waals surface area (Å²) < 4.78 is 4.88. The molecule has 0 heterocycles. The number of rotatable bonds is 7. The van der Waals surface area contributed by atoms with Gasteiger partial charge in [0.05, 0.1) is 10.5 Å². The minimum Gasteiger partial charge on any atom is -0.388 e. The number of nitro benzene ring substituents is 1. The average molecular weight is 296 g/mol. The van der Waals surface area contributed by atoms with Crippen LogP contribution in [0.15, 0.2) is 18.2 Å². The van der Waals surface area contributed by atoms with Gasteiger partial charge in [-0.2, -0.15) is 0 Å². The molecule has 1 aromatic rings. The maximum atomic E-state index is 12.2. The van der Waals surface area contributed by atoms with Crippen LogP contribution in [-0.4, -0.2) is 41.8 Å². The minimum absolute atomic E-state index is 0.0132. The number of hydrogen-bond acceptors (Lipinski definition) is 5. The molecule has 1 atom stereocenters. The quantitative estimate of drug-likeness (QED) is 0.585. The minimum atomic E-state index is -1.14. The zero-order valence-electron chi connectivity index (χ0n) is 12.4. The van der Waals surface area contributed by atoms with Gasteiger partial charge in [0.25, 0.3) is 11.6 Å². The van der Waals surface area contributed by atoms with Gasteiger partial charge in [-0.15, -0.1) is 0 Å². The molecular formula is C14H20N2O5. The first kappa shape index (κ1) is 17.1. The Hall–Kier alpha value is -1.99. The number of carbonyl (C=O) groups is 1. The molecule has 1 rings (SSSR count). The van der Waals surface area contributed by atoms with Crippen LogP contribution in [0.25, 0.3) is 0 Å². The first-order chi connectivity index (χ1) is 9.78. The molecule has 0 aliphatic rings. The molecule has 0 spiro atoms. The van der Waals surface area contributed by atoms with Gasteiger partial charge in [-0.1, -0.05) is 12.1 Å². The summed E-state index contributed by atoms with van der Waals surface area (Å²) >= 11 is 0. The number of nitrogens with one attached hydrogen (secondary N) is 1. The van der Waals surface area contributed by atoms with Crippen molar-refractivity contribution in [3.63, 3.8) is 0 Å². The summed E-state index contributed by atoms with van der Waals surface area (Å²) in [4.78, 5) is 22.5. The molecule has 21 heavy (non-hydrogen) atoms.